The summed E-state index contributed by atoms with van der Waals surface area (Å²) in [5.41, 5.74) is 3.08. The lowest BCUT2D eigenvalue weighted by Crippen LogP contribution is -1.84. The number of aryl methyl sites for hydroxylation is 2. The number of imidazole rings is 2. The molecule has 0 radical (unpaired) electrons. The quantitative estimate of drug-likeness (QED) is 0.220. The number of fused-ring (bicyclic) bond motifs is 2. The molecule has 0 bridgehead atoms. The van der Waals surface area contributed by atoms with Crippen LogP contribution in [0.3, 0.4) is 0 Å². The van der Waals surface area contributed by atoms with Crippen LogP contribution in [0.25, 0.3) is 11.6 Å². The van der Waals surface area contributed by atoms with Gasteiger partial charge in [-0.2, -0.15) is 0 Å². The first-order chi connectivity index (χ1) is 18.1. The molecule has 37 heavy (non-hydrogen) atoms. The molecule has 180 valence electrons. The Morgan fingerprint density at radius 3 is 1.46 bits per heavy atom. The van der Waals surface area contributed by atoms with Crippen LogP contribution in [0.4, 0.5) is 23.0 Å². The third kappa shape index (κ3) is 4.71. The Hall–Kier alpha value is -4.77. The molecule has 0 saturated carbocycles. The molecular weight excluding hydrogens is 484 g/mol. The SMILES string of the molecule is Cc1nc2ncccn2c1N=Nc1ccc(Sc2ccc(N=Nc3c(C)nc4ncccn34)cc2)cc1. The third-order valence-electron chi connectivity index (χ3n) is 5.52. The summed E-state index contributed by atoms with van der Waals surface area (Å²) in [4.78, 5) is 19.5. The van der Waals surface area contributed by atoms with Gasteiger partial charge in [-0.15, -0.1) is 20.5 Å². The Labute approximate surface area is 215 Å². The smallest absolute Gasteiger partial charge is 0.235 e. The summed E-state index contributed by atoms with van der Waals surface area (Å²) in [5.74, 6) is 2.56. The number of nitrogens with zero attached hydrogens (tertiary/aromatic N) is 10. The van der Waals surface area contributed by atoms with E-state index in [0.717, 1.165) is 32.6 Å². The van der Waals surface area contributed by atoms with Gasteiger partial charge >= 0.3 is 0 Å². The Balaban J connectivity index is 1.12. The van der Waals surface area contributed by atoms with Crippen molar-refractivity contribution < 1.29 is 0 Å². The largest absolute Gasteiger partial charge is 0.267 e. The van der Waals surface area contributed by atoms with Crippen molar-refractivity contribution in [3.63, 3.8) is 0 Å². The van der Waals surface area contributed by atoms with E-state index in [1.54, 1.807) is 24.2 Å². The van der Waals surface area contributed by atoms with Crippen molar-refractivity contribution in [2.45, 2.75) is 23.6 Å². The molecule has 0 aliphatic rings. The molecule has 10 nitrogen and oxygen atoms in total. The maximum atomic E-state index is 4.41. The second-order valence-corrected chi connectivity index (χ2v) is 9.26. The molecular formula is C26H20N10S. The van der Waals surface area contributed by atoms with Crippen molar-refractivity contribution in [1.29, 1.82) is 0 Å². The van der Waals surface area contributed by atoms with E-state index >= 15 is 0 Å². The summed E-state index contributed by atoms with van der Waals surface area (Å²) in [6.45, 7) is 3.79. The van der Waals surface area contributed by atoms with Gasteiger partial charge in [0.25, 0.3) is 0 Å². The lowest BCUT2D eigenvalue weighted by Gasteiger charge is -2.02. The van der Waals surface area contributed by atoms with Crippen LogP contribution in [0.2, 0.25) is 0 Å². The van der Waals surface area contributed by atoms with E-state index in [-0.39, 0.29) is 0 Å². The lowest BCUT2D eigenvalue weighted by atomic mass is 10.3. The minimum Gasteiger partial charge on any atom is -0.267 e. The van der Waals surface area contributed by atoms with Gasteiger partial charge in [0.05, 0.1) is 22.8 Å². The Morgan fingerprint density at radius 2 is 1.03 bits per heavy atom. The van der Waals surface area contributed by atoms with Crippen LogP contribution in [0.1, 0.15) is 11.4 Å². The number of aromatic nitrogens is 6. The van der Waals surface area contributed by atoms with Crippen molar-refractivity contribution in [2.75, 3.05) is 0 Å². The second-order valence-electron chi connectivity index (χ2n) is 8.11. The van der Waals surface area contributed by atoms with E-state index in [0.29, 0.717) is 23.2 Å². The zero-order valence-corrected chi connectivity index (χ0v) is 20.8. The molecule has 0 unspecified atom stereocenters. The van der Waals surface area contributed by atoms with Gasteiger partial charge < -0.3 is 0 Å². The normalized spacial score (nSPS) is 11.9. The van der Waals surface area contributed by atoms with Gasteiger partial charge in [-0.1, -0.05) is 11.8 Å². The van der Waals surface area contributed by atoms with Gasteiger partial charge in [0.2, 0.25) is 11.6 Å². The second kappa shape index (κ2) is 9.70. The highest BCUT2D eigenvalue weighted by Crippen LogP contribution is 2.31. The number of hydrogen-bond acceptors (Lipinski definition) is 9. The van der Waals surface area contributed by atoms with Crippen LogP contribution < -0.4 is 0 Å². The standard InChI is InChI=1S/C26H20N10S/c1-17-23(35-15-3-13-27-25(35)29-17)33-31-19-5-9-21(10-6-19)37-22-11-7-20(8-12-22)32-34-24-18(2)30-26-28-14-4-16-36(24)26/h3-16H,1-2H3. The summed E-state index contributed by atoms with van der Waals surface area (Å²) in [5, 5.41) is 17.6. The summed E-state index contributed by atoms with van der Waals surface area (Å²) in [7, 11) is 0. The van der Waals surface area contributed by atoms with Gasteiger partial charge in [-0.3, -0.25) is 8.80 Å². The van der Waals surface area contributed by atoms with Crippen molar-refractivity contribution in [3.8, 4) is 0 Å². The molecule has 0 amide bonds. The Kier molecular flexibility index (Phi) is 5.95. The lowest BCUT2D eigenvalue weighted by molar-refractivity contribution is 1.06. The minimum absolute atomic E-state index is 0.607. The highest BCUT2D eigenvalue weighted by Gasteiger charge is 2.09. The molecule has 4 heterocycles. The fraction of sp³-hybridized carbons (Fsp3) is 0.0769. The van der Waals surface area contributed by atoms with Crippen LogP contribution >= 0.6 is 11.8 Å². The molecule has 0 fully saturated rings. The molecule has 4 aromatic heterocycles. The molecule has 6 aromatic rings. The monoisotopic (exact) mass is 504 g/mol. The van der Waals surface area contributed by atoms with E-state index in [2.05, 4.69) is 40.4 Å². The zero-order chi connectivity index (χ0) is 25.2. The first-order valence-electron chi connectivity index (χ1n) is 11.4. The van der Waals surface area contributed by atoms with Crippen LogP contribution in [-0.2, 0) is 0 Å². The van der Waals surface area contributed by atoms with Gasteiger partial charge in [0.1, 0.15) is 0 Å². The van der Waals surface area contributed by atoms with Crippen LogP contribution in [0.5, 0.6) is 0 Å². The highest BCUT2D eigenvalue weighted by atomic mass is 32.2. The van der Waals surface area contributed by atoms with Crippen LogP contribution in [0.15, 0.2) is 116 Å². The topological polar surface area (TPSA) is 110 Å². The maximum Gasteiger partial charge on any atom is 0.235 e. The Morgan fingerprint density at radius 1 is 0.595 bits per heavy atom. The molecule has 0 aliphatic carbocycles. The molecule has 0 atom stereocenters. The first kappa shape index (κ1) is 22.7. The third-order valence-corrected chi connectivity index (χ3v) is 6.54. The fourth-order valence-electron chi connectivity index (χ4n) is 3.72. The van der Waals surface area contributed by atoms with Gasteiger partial charge in [0.15, 0.2) is 11.6 Å². The van der Waals surface area contributed by atoms with E-state index in [1.807, 2.05) is 95.7 Å². The average Bonchev–Trinajstić information content (AvgIpc) is 3.42. The van der Waals surface area contributed by atoms with E-state index in [9.17, 15) is 0 Å². The van der Waals surface area contributed by atoms with Crippen molar-refractivity contribution in [3.05, 3.63) is 96.8 Å². The predicted octanol–water partition coefficient (Wildman–Crippen LogP) is 7.37. The summed E-state index contributed by atoms with van der Waals surface area (Å²) >= 11 is 1.66. The average molecular weight is 505 g/mol. The highest BCUT2D eigenvalue weighted by molar-refractivity contribution is 7.99. The summed E-state index contributed by atoms with van der Waals surface area (Å²) in [6, 6.07) is 19.6. The van der Waals surface area contributed by atoms with Crippen molar-refractivity contribution >= 4 is 46.3 Å². The van der Waals surface area contributed by atoms with Gasteiger partial charge in [0, 0.05) is 34.6 Å². The molecule has 0 aliphatic heterocycles. The fourth-order valence-corrected chi connectivity index (χ4v) is 4.54. The predicted molar refractivity (Wildman–Crippen MR) is 141 cm³/mol. The van der Waals surface area contributed by atoms with Crippen molar-refractivity contribution in [1.82, 2.24) is 28.7 Å². The number of azo groups is 2. The molecule has 6 rings (SSSR count). The molecule has 0 saturated heterocycles. The Bertz CT molecular complexity index is 1630. The molecule has 0 spiro atoms. The maximum absolute atomic E-state index is 4.41. The molecule has 2 aromatic carbocycles. The minimum atomic E-state index is 0.607. The van der Waals surface area contributed by atoms with Crippen LogP contribution in [-0.4, -0.2) is 28.7 Å². The number of benzene rings is 2. The van der Waals surface area contributed by atoms with Gasteiger partial charge in [-0.05, 0) is 74.5 Å². The first-order valence-corrected chi connectivity index (χ1v) is 12.3. The van der Waals surface area contributed by atoms with Crippen LogP contribution in [0, 0.1) is 13.8 Å². The van der Waals surface area contributed by atoms with E-state index < -0.39 is 0 Å². The van der Waals surface area contributed by atoms with E-state index in [4.69, 9.17) is 0 Å². The van der Waals surface area contributed by atoms with Gasteiger partial charge in [-0.25, -0.2) is 19.9 Å². The number of rotatable bonds is 6. The summed E-state index contributed by atoms with van der Waals surface area (Å²) in [6.07, 6.45) is 7.17. The summed E-state index contributed by atoms with van der Waals surface area (Å²) < 4.78 is 3.64. The number of hydrogen-bond donors (Lipinski definition) is 0. The van der Waals surface area contributed by atoms with E-state index in [1.165, 1.54) is 0 Å². The molecule has 0 N–H and O–H groups in total. The molecule has 11 heteroatoms. The zero-order valence-electron chi connectivity index (χ0n) is 20.0. The van der Waals surface area contributed by atoms with Crippen molar-refractivity contribution in [2.24, 2.45) is 20.5 Å².